The second kappa shape index (κ2) is 5.40. The molecule has 0 radical (unpaired) electrons. The van der Waals surface area contributed by atoms with Crippen LogP contribution in [-0.2, 0) is 9.84 Å². The monoisotopic (exact) mass is 334 g/mol. The van der Waals surface area contributed by atoms with E-state index in [-0.39, 0.29) is 11.4 Å². The molecule has 0 spiro atoms. The molecule has 4 nitrogen and oxygen atoms in total. The summed E-state index contributed by atoms with van der Waals surface area (Å²) in [5.41, 5.74) is 12.5. The molecule has 2 aromatic carbocycles. The van der Waals surface area contributed by atoms with E-state index in [1.54, 1.807) is 36.4 Å². The van der Waals surface area contributed by atoms with Gasteiger partial charge in [0, 0.05) is 12.5 Å². The summed E-state index contributed by atoms with van der Waals surface area (Å²) in [5, 5.41) is -0.843. The fourth-order valence-electron chi connectivity index (χ4n) is 3.19. The van der Waals surface area contributed by atoms with Crippen molar-refractivity contribution in [3.8, 4) is 0 Å². The summed E-state index contributed by atoms with van der Waals surface area (Å²) in [6.07, 6.45) is 0. The first kappa shape index (κ1) is 16.1. The van der Waals surface area contributed by atoms with Gasteiger partial charge in [0.05, 0.1) is 15.7 Å². The fraction of sp³-hybridized carbons (Fsp3) is 0.294. The van der Waals surface area contributed by atoms with Gasteiger partial charge >= 0.3 is 0 Å². The number of nitrogens with two attached hydrogens (primary N) is 2. The Kier molecular flexibility index (Phi) is 3.78. The van der Waals surface area contributed by atoms with Crippen LogP contribution < -0.4 is 11.5 Å². The molecular weight excluding hydrogens is 315 g/mol. The lowest BCUT2D eigenvalue weighted by atomic mass is 10.1. The molecule has 0 bridgehead atoms. The largest absolute Gasteiger partial charge is 0.329 e. The van der Waals surface area contributed by atoms with E-state index < -0.39 is 32.4 Å². The molecular formula is C17H19FN2O2S. The van der Waals surface area contributed by atoms with Crippen LogP contribution in [0.1, 0.15) is 17.0 Å². The van der Waals surface area contributed by atoms with E-state index >= 15 is 0 Å². The molecule has 1 aliphatic carbocycles. The van der Waals surface area contributed by atoms with Crippen molar-refractivity contribution in [1.29, 1.82) is 0 Å². The molecule has 0 aliphatic heterocycles. The molecule has 0 unspecified atom stereocenters. The zero-order valence-electron chi connectivity index (χ0n) is 12.7. The maximum absolute atomic E-state index is 13.5. The Morgan fingerprint density at radius 3 is 2.39 bits per heavy atom. The maximum atomic E-state index is 13.5. The third kappa shape index (κ3) is 2.56. The highest BCUT2D eigenvalue weighted by Crippen LogP contribution is 2.55. The van der Waals surface area contributed by atoms with Crippen molar-refractivity contribution in [2.24, 2.45) is 11.5 Å². The lowest BCUT2D eigenvalue weighted by Crippen LogP contribution is -2.39. The number of sulfone groups is 1. The van der Waals surface area contributed by atoms with Gasteiger partial charge in [0.1, 0.15) is 5.82 Å². The highest BCUT2D eigenvalue weighted by atomic mass is 32.2. The average molecular weight is 334 g/mol. The van der Waals surface area contributed by atoms with Crippen molar-refractivity contribution < 1.29 is 12.8 Å². The predicted molar refractivity (Wildman–Crippen MR) is 87.3 cm³/mol. The van der Waals surface area contributed by atoms with Crippen molar-refractivity contribution in [2.45, 2.75) is 28.5 Å². The molecule has 1 aliphatic rings. The van der Waals surface area contributed by atoms with E-state index in [0.29, 0.717) is 5.56 Å². The minimum atomic E-state index is -3.64. The molecule has 0 amide bonds. The van der Waals surface area contributed by atoms with Gasteiger partial charge in [-0.25, -0.2) is 12.8 Å². The molecule has 0 aromatic heterocycles. The third-order valence-corrected chi connectivity index (χ3v) is 6.86. The second-order valence-electron chi connectivity index (χ2n) is 6.13. The van der Waals surface area contributed by atoms with E-state index in [4.69, 9.17) is 11.5 Å². The summed E-state index contributed by atoms with van der Waals surface area (Å²) in [5.74, 6) is -0.922. The van der Waals surface area contributed by atoms with Gasteiger partial charge in [-0.15, -0.1) is 0 Å². The molecule has 2 aromatic rings. The zero-order chi connectivity index (χ0) is 16.8. The number of rotatable bonds is 4. The first-order valence-electron chi connectivity index (χ1n) is 7.35. The Bertz CT molecular complexity index is 836. The standard InChI is InChI=1S/C17H19FN2O2S/c1-11-5-7-14(8-6-11)23(21,22)16-15(17(16,20)10-19)12-3-2-4-13(18)9-12/h2-9,15-16H,10,19-20H2,1H3/t15-,16-,17+/m1/s1. The van der Waals surface area contributed by atoms with Crippen molar-refractivity contribution in [2.75, 3.05) is 6.54 Å². The van der Waals surface area contributed by atoms with Crippen molar-refractivity contribution >= 4 is 9.84 Å². The van der Waals surface area contributed by atoms with Gasteiger partial charge in [0.2, 0.25) is 0 Å². The molecule has 6 heteroatoms. The average Bonchev–Trinajstić information content (AvgIpc) is 3.15. The molecule has 3 atom stereocenters. The highest BCUT2D eigenvalue weighted by molar-refractivity contribution is 7.92. The van der Waals surface area contributed by atoms with Crippen molar-refractivity contribution in [3.63, 3.8) is 0 Å². The fourth-order valence-corrected chi connectivity index (χ4v) is 5.51. The van der Waals surface area contributed by atoms with Gasteiger partial charge in [0.25, 0.3) is 0 Å². The lowest BCUT2D eigenvalue weighted by Gasteiger charge is -2.09. The lowest BCUT2D eigenvalue weighted by molar-refractivity contribution is 0.586. The van der Waals surface area contributed by atoms with E-state index in [0.717, 1.165) is 5.56 Å². The smallest absolute Gasteiger partial charge is 0.183 e. The van der Waals surface area contributed by atoms with Crippen LogP contribution in [0.4, 0.5) is 4.39 Å². The second-order valence-corrected chi connectivity index (χ2v) is 8.20. The quantitative estimate of drug-likeness (QED) is 0.891. The Hall–Kier alpha value is -1.76. The number of hydrogen-bond acceptors (Lipinski definition) is 4. The number of benzene rings is 2. The van der Waals surface area contributed by atoms with E-state index in [2.05, 4.69) is 0 Å². The summed E-state index contributed by atoms with van der Waals surface area (Å²) >= 11 is 0. The number of hydrogen-bond donors (Lipinski definition) is 2. The topological polar surface area (TPSA) is 86.2 Å². The molecule has 1 saturated carbocycles. The normalized spacial score (nSPS) is 27.0. The van der Waals surface area contributed by atoms with Crippen LogP contribution in [0.5, 0.6) is 0 Å². The van der Waals surface area contributed by atoms with Crippen LogP contribution in [0.2, 0.25) is 0 Å². The molecule has 1 fully saturated rings. The predicted octanol–water partition coefficient (Wildman–Crippen LogP) is 1.73. The van der Waals surface area contributed by atoms with E-state index in [1.807, 2.05) is 6.92 Å². The first-order valence-corrected chi connectivity index (χ1v) is 8.90. The molecule has 122 valence electrons. The number of aryl methyl sites for hydroxylation is 1. The van der Waals surface area contributed by atoms with Gasteiger partial charge in [-0.2, -0.15) is 0 Å². The van der Waals surface area contributed by atoms with Crippen molar-refractivity contribution in [3.05, 3.63) is 65.5 Å². The summed E-state index contributed by atoms with van der Waals surface area (Å²) < 4.78 is 39.3. The van der Waals surface area contributed by atoms with Gasteiger partial charge in [-0.1, -0.05) is 29.8 Å². The van der Waals surface area contributed by atoms with Gasteiger partial charge in [0.15, 0.2) is 9.84 Å². The molecule has 4 N–H and O–H groups in total. The minimum absolute atomic E-state index is 0.0178. The van der Waals surface area contributed by atoms with Crippen molar-refractivity contribution in [1.82, 2.24) is 0 Å². The van der Waals surface area contributed by atoms with Crippen LogP contribution in [0.25, 0.3) is 0 Å². The Balaban J connectivity index is 2.03. The molecule has 3 rings (SSSR count). The summed E-state index contributed by atoms with van der Waals surface area (Å²) in [6.45, 7) is 1.90. The van der Waals surface area contributed by atoms with Crippen LogP contribution in [0.3, 0.4) is 0 Å². The van der Waals surface area contributed by atoms with Gasteiger partial charge < -0.3 is 11.5 Å². The van der Waals surface area contributed by atoms with Crippen LogP contribution >= 0.6 is 0 Å². The Morgan fingerprint density at radius 1 is 1.17 bits per heavy atom. The van der Waals surface area contributed by atoms with E-state index in [9.17, 15) is 12.8 Å². The van der Waals surface area contributed by atoms with Crippen LogP contribution in [0.15, 0.2) is 53.4 Å². The number of halogens is 1. The Morgan fingerprint density at radius 2 is 1.83 bits per heavy atom. The third-order valence-electron chi connectivity index (χ3n) is 4.55. The SMILES string of the molecule is Cc1ccc(S(=O)(=O)[C@@H]2[C@@H](c3cccc(F)c3)[C@@]2(N)CN)cc1. The Labute approximate surface area is 135 Å². The van der Waals surface area contributed by atoms with Crippen LogP contribution in [-0.4, -0.2) is 25.8 Å². The molecule has 23 heavy (non-hydrogen) atoms. The molecule has 0 heterocycles. The van der Waals surface area contributed by atoms with Gasteiger partial charge in [-0.05, 0) is 36.8 Å². The summed E-state index contributed by atoms with van der Waals surface area (Å²) in [4.78, 5) is 0.218. The van der Waals surface area contributed by atoms with E-state index in [1.165, 1.54) is 12.1 Å². The summed E-state index contributed by atoms with van der Waals surface area (Å²) in [6, 6.07) is 12.5. The molecule has 0 saturated heterocycles. The minimum Gasteiger partial charge on any atom is -0.329 e. The zero-order valence-corrected chi connectivity index (χ0v) is 13.6. The first-order chi connectivity index (χ1) is 10.8. The van der Waals surface area contributed by atoms with Crippen LogP contribution in [0, 0.1) is 12.7 Å². The van der Waals surface area contributed by atoms with Gasteiger partial charge in [-0.3, -0.25) is 0 Å². The maximum Gasteiger partial charge on any atom is 0.183 e. The summed E-state index contributed by atoms with van der Waals surface area (Å²) in [7, 11) is -3.64. The highest BCUT2D eigenvalue weighted by Gasteiger charge is 2.68.